The highest BCUT2D eigenvalue weighted by atomic mass is 35.5. The summed E-state index contributed by atoms with van der Waals surface area (Å²) in [6, 6.07) is 11.3. The number of likely N-dealkylation sites (tertiary alicyclic amines) is 1. The first-order valence-corrected chi connectivity index (χ1v) is 10.00. The van der Waals surface area contributed by atoms with E-state index in [9.17, 15) is 4.79 Å². The number of aliphatic carboxylic acids is 1. The number of ether oxygens (including phenoxy) is 2. The van der Waals surface area contributed by atoms with E-state index in [0.29, 0.717) is 28.9 Å². The average Bonchev–Trinajstić information content (AvgIpc) is 3.24. The maximum atomic E-state index is 10.8. The van der Waals surface area contributed by atoms with Gasteiger partial charge in [-0.1, -0.05) is 35.3 Å². The van der Waals surface area contributed by atoms with Gasteiger partial charge in [0.1, 0.15) is 18.1 Å². The van der Waals surface area contributed by atoms with Crippen LogP contribution in [0, 0.1) is 0 Å². The van der Waals surface area contributed by atoms with Crippen LogP contribution in [-0.2, 0) is 16.8 Å². The molecule has 2 aliphatic heterocycles. The maximum Gasteiger partial charge on any atom is 0.304 e. The number of hydrogen-bond donors (Lipinski definition) is 1. The van der Waals surface area contributed by atoms with E-state index in [-0.39, 0.29) is 18.4 Å². The molecule has 0 saturated carbocycles. The van der Waals surface area contributed by atoms with Crippen LogP contribution in [0.2, 0.25) is 10.0 Å². The summed E-state index contributed by atoms with van der Waals surface area (Å²) in [6.45, 7) is 3.19. The van der Waals surface area contributed by atoms with Gasteiger partial charge in [0.25, 0.3) is 0 Å². The van der Waals surface area contributed by atoms with Crippen molar-refractivity contribution in [2.75, 3.05) is 26.2 Å². The zero-order valence-corrected chi connectivity index (χ0v) is 16.8. The smallest absolute Gasteiger partial charge is 0.304 e. The Morgan fingerprint density at radius 3 is 2.79 bits per heavy atom. The largest absolute Gasteiger partial charge is 0.492 e. The van der Waals surface area contributed by atoms with Crippen molar-refractivity contribution in [3.63, 3.8) is 0 Å². The number of carbonyl (C=O) groups is 1. The van der Waals surface area contributed by atoms with Crippen molar-refractivity contribution in [2.24, 2.45) is 0 Å². The Kier molecular flexibility index (Phi) is 5.41. The highest BCUT2D eigenvalue weighted by Crippen LogP contribution is 2.46. The first-order valence-electron chi connectivity index (χ1n) is 9.24. The van der Waals surface area contributed by atoms with Crippen LogP contribution in [0.3, 0.4) is 0 Å². The summed E-state index contributed by atoms with van der Waals surface area (Å²) < 4.78 is 11.9. The topological polar surface area (TPSA) is 59.0 Å². The molecule has 2 aromatic carbocycles. The van der Waals surface area contributed by atoms with Gasteiger partial charge in [0.2, 0.25) is 0 Å². The third kappa shape index (κ3) is 3.79. The lowest BCUT2D eigenvalue weighted by atomic mass is 9.82. The molecular weight excluding hydrogens is 401 g/mol. The summed E-state index contributed by atoms with van der Waals surface area (Å²) in [6.07, 6.45) is 1.14. The summed E-state index contributed by atoms with van der Waals surface area (Å²) >= 11 is 12.4. The van der Waals surface area contributed by atoms with E-state index in [1.165, 1.54) is 5.56 Å². The molecule has 2 aromatic rings. The molecule has 1 spiro atoms. The molecule has 1 N–H and O–H groups in total. The van der Waals surface area contributed by atoms with Crippen LogP contribution in [0.5, 0.6) is 11.5 Å². The maximum absolute atomic E-state index is 10.8. The summed E-state index contributed by atoms with van der Waals surface area (Å²) in [5.74, 6) is 0.778. The van der Waals surface area contributed by atoms with Gasteiger partial charge in [0.15, 0.2) is 0 Å². The first kappa shape index (κ1) is 19.4. The second-order valence-electron chi connectivity index (χ2n) is 7.39. The molecule has 0 bridgehead atoms. The number of carboxylic acids is 1. The van der Waals surface area contributed by atoms with Crippen LogP contribution in [0.4, 0.5) is 0 Å². The zero-order valence-electron chi connectivity index (χ0n) is 15.3. The molecule has 0 aromatic heterocycles. The van der Waals surface area contributed by atoms with Crippen LogP contribution in [0.25, 0.3) is 0 Å². The van der Waals surface area contributed by atoms with Crippen LogP contribution >= 0.6 is 23.2 Å². The second kappa shape index (κ2) is 7.82. The van der Waals surface area contributed by atoms with Gasteiger partial charge in [-0.05, 0) is 31.2 Å². The molecule has 7 heteroatoms. The zero-order chi connectivity index (χ0) is 19.7. The number of rotatable bonds is 6. The van der Waals surface area contributed by atoms with Gasteiger partial charge in [0.05, 0.1) is 13.0 Å². The minimum Gasteiger partial charge on any atom is -0.492 e. The minimum atomic E-state index is -0.760. The lowest BCUT2D eigenvalue weighted by Crippen LogP contribution is -2.33. The van der Waals surface area contributed by atoms with Crippen molar-refractivity contribution >= 4 is 29.2 Å². The van der Waals surface area contributed by atoms with Gasteiger partial charge in [-0.3, -0.25) is 4.79 Å². The summed E-state index contributed by atoms with van der Waals surface area (Å²) in [5.41, 5.74) is 1.88. The number of halogens is 2. The van der Waals surface area contributed by atoms with E-state index in [1.54, 1.807) is 18.2 Å². The average molecular weight is 422 g/mol. The molecule has 28 heavy (non-hydrogen) atoms. The van der Waals surface area contributed by atoms with Crippen molar-refractivity contribution in [3.8, 4) is 11.5 Å². The monoisotopic (exact) mass is 421 g/mol. The van der Waals surface area contributed by atoms with E-state index in [4.69, 9.17) is 37.8 Å². The SMILES string of the molecule is O=C(O)CCN1CCC2(COc3cc(OCc4c(Cl)cccc4Cl)ccc32)C1. The van der Waals surface area contributed by atoms with Crippen LogP contribution < -0.4 is 9.47 Å². The Labute approximate surface area is 173 Å². The summed E-state index contributed by atoms with van der Waals surface area (Å²) in [7, 11) is 0. The predicted molar refractivity (Wildman–Crippen MR) is 108 cm³/mol. The number of nitrogens with zero attached hydrogens (tertiary/aromatic N) is 1. The Balaban J connectivity index is 1.45. The fourth-order valence-electron chi connectivity index (χ4n) is 4.01. The minimum absolute atomic E-state index is 0.0571. The fourth-order valence-corrected chi connectivity index (χ4v) is 4.52. The summed E-state index contributed by atoms with van der Waals surface area (Å²) in [5, 5.41) is 10.1. The van der Waals surface area contributed by atoms with E-state index in [0.717, 1.165) is 30.8 Å². The van der Waals surface area contributed by atoms with Crippen molar-refractivity contribution in [2.45, 2.75) is 24.9 Å². The Morgan fingerprint density at radius 1 is 1.25 bits per heavy atom. The molecule has 1 atom stereocenters. The molecule has 4 rings (SSSR count). The predicted octanol–water partition coefficient (Wildman–Crippen LogP) is 4.38. The lowest BCUT2D eigenvalue weighted by molar-refractivity contribution is -0.137. The second-order valence-corrected chi connectivity index (χ2v) is 8.20. The molecule has 148 valence electrons. The van der Waals surface area contributed by atoms with E-state index in [2.05, 4.69) is 11.0 Å². The molecule has 5 nitrogen and oxygen atoms in total. The molecule has 2 heterocycles. The quantitative estimate of drug-likeness (QED) is 0.749. The Bertz CT molecular complexity index is 884. The Morgan fingerprint density at radius 2 is 2.04 bits per heavy atom. The normalized spacial score (nSPS) is 20.9. The van der Waals surface area contributed by atoms with Crippen LogP contribution in [-0.4, -0.2) is 42.2 Å². The molecule has 0 aliphatic carbocycles. The molecule has 1 saturated heterocycles. The van der Waals surface area contributed by atoms with Crippen LogP contribution in [0.1, 0.15) is 24.0 Å². The number of hydrogen-bond acceptors (Lipinski definition) is 4. The number of carboxylic acid groups (broad SMARTS) is 1. The molecular formula is C21H21Cl2NO4. The molecule has 1 unspecified atom stereocenters. The standard InChI is InChI=1S/C21H21Cl2NO4/c22-17-2-1-3-18(23)15(17)11-27-14-4-5-16-19(10-14)28-13-21(16)7-9-24(12-21)8-6-20(25)26/h1-5,10H,6-9,11-13H2,(H,25,26). The highest BCUT2D eigenvalue weighted by molar-refractivity contribution is 6.35. The van der Waals surface area contributed by atoms with Gasteiger partial charge >= 0.3 is 5.97 Å². The van der Waals surface area contributed by atoms with Gasteiger partial charge in [-0.15, -0.1) is 0 Å². The third-order valence-corrected chi connectivity index (χ3v) is 6.26. The van der Waals surface area contributed by atoms with Crippen molar-refractivity contribution in [3.05, 3.63) is 57.6 Å². The lowest BCUT2D eigenvalue weighted by Gasteiger charge is -2.22. The summed E-state index contributed by atoms with van der Waals surface area (Å²) in [4.78, 5) is 13.0. The van der Waals surface area contributed by atoms with Gasteiger partial charge in [-0.25, -0.2) is 0 Å². The number of benzene rings is 2. The van der Waals surface area contributed by atoms with Crippen molar-refractivity contribution < 1.29 is 19.4 Å². The highest BCUT2D eigenvalue weighted by Gasteiger charge is 2.45. The van der Waals surface area contributed by atoms with E-state index >= 15 is 0 Å². The molecule has 1 fully saturated rings. The first-order chi connectivity index (χ1) is 13.5. The van der Waals surface area contributed by atoms with Crippen LogP contribution in [0.15, 0.2) is 36.4 Å². The van der Waals surface area contributed by atoms with E-state index in [1.807, 2.05) is 12.1 Å². The molecule has 2 aliphatic rings. The Hall–Kier alpha value is -1.95. The van der Waals surface area contributed by atoms with Gasteiger partial charge in [-0.2, -0.15) is 0 Å². The third-order valence-electron chi connectivity index (χ3n) is 5.55. The molecule has 0 amide bonds. The van der Waals surface area contributed by atoms with E-state index < -0.39 is 5.97 Å². The van der Waals surface area contributed by atoms with Gasteiger partial charge in [0, 0.05) is 45.7 Å². The number of fused-ring (bicyclic) bond motifs is 2. The van der Waals surface area contributed by atoms with Crippen molar-refractivity contribution in [1.82, 2.24) is 4.90 Å². The van der Waals surface area contributed by atoms with Gasteiger partial charge < -0.3 is 19.5 Å². The fraction of sp³-hybridized carbons (Fsp3) is 0.381. The van der Waals surface area contributed by atoms with Crippen molar-refractivity contribution in [1.29, 1.82) is 0 Å². The molecule has 0 radical (unpaired) electrons.